The summed E-state index contributed by atoms with van der Waals surface area (Å²) in [5.74, 6) is 0. The number of hydrogen-bond acceptors (Lipinski definition) is 6. The first kappa shape index (κ1) is 24.3. The predicted molar refractivity (Wildman–Crippen MR) is 111 cm³/mol. The summed E-state index contributed by atoms with van der Waals surface area (Å²) < 4.78 is 31.8. The van der Waals surface area contributed by atoms with Crippen molar-refractivity contribution in [1.82, 2.24) is 0 Å². The zero-order valence-electron chi connectivity index (χ0n) is 17.4. The Balaban J connectivity index is 2.34. The first-order chi connectivity index (χ1) is 13.7. The fourth-order valence-corrected chi connectivity index (χ4v) is 2.23. The minimum Gasteiger partial charge on any atom is -0.498 e. The molecule has 0 amide bonds. The Morgan fingerprint density at radius 2 is 1.39 bits per heavy atom. The number of allylic oxidation sites excluding steroid dienone is 1. The van der Waals surface area contributed by atoms with E-state index in [9.17, 15) is 0 Å². The molecule has 0 saturated carbocycles. The number of benzene rings is 1. The van der Waals surface area contributed by atoms with E-state index < -0.39 is 0 Å². The Labute approximate surface area is 169 Å². The van der Waals surface area contributed by atoms with Crippen LogP contribution in [-0.4, -0.2) is 73.7 Å². The highest BCUT2D eigenvalue weighted by atomic mass is 16.5. The summed E-state index contributed by atoms with van der Waals surface area (Å²) in [7, 11) is 3.31. The van der Waals surface area contributed by atoms with Gasteiger partial charge in [-0.05, 0) is 35.3 Å². The Morgan fingerprint density at radius 1 is 0.821 bits per heavy atom. The summed E-state index contributed by atoms with van der Waals surface area (Å²) in [4.78, 5) is 0. The van der Waals surface area contributed by atoms with E-state index in [1.54, 1.807) is 20.5 Å². The van der Waals surface area contributed by atoms with Crippen molar-refractivity contribution in [1.29, 1.82) is 0 Å². The zero-order valence-corrected chi connectivity index (χ0v) is 17.4. The second-order valence-electron chi connectivity index (χ2n) is 6.12. The largest absolute Gasteiger partial charge is 0.498 e. The van der Waals surface area contributed by atoms with Crippen molar-refractivity contribution >= 4 is 11.1 Å². The molecule has 0 saturated heterocycles. The Bertz CT molecular complexity index is 570. The van der Waals surface area contributed by atoms with Crippen LogP contribution in [0.3, 0.4) is 0 Å². The Kier molecular flexibility index (Phi) is 14.1. The van der Waals surface area contributed by atoms with Crippen LogP contribution < -0.4 is 0 Å². The van der Waals surface area contributed by atoms with Crippen molar-refractivity contribution in [3.05, 3.63) is 48.2 Å². The van der Waals surface area contributed by atoms with Gasteiger partial charge in [0.05, 0.1) is 59.1 Å². The van der Waals surface area contributed by atoms with Crippen molar-refractivity contribution in [3.8, 4) is 0 Å². The fraction of sp³-hybridized carbons (Fsp3) is 0.545. The van der Waals surface area contributed by atoms with E-state index in [0.717, 1.165) is 22.3 Å². The third-order valence-corrected chi connectivity index (χ3v) is 3.84. The smallest absolute Gasteiger partial charge is 0.111 e. The molecule has 6 nitrogen and oxygen atoms in total. The lowest BCUT2D eigenvalue weighted by molar-refractivity contribution is 0.0325. The molecule has 0 bridgehead atoms. The fourth-order valence-electron chi connectivity index (χ4n) is 2.23. The molecule has 1 aromatic carbocycles. The molecule has 0 radical (unpaired) electrons. The molecule has 6 heteroatoms. The predicted octanol–water partition coefficient (Wildman–Crippen LogP) is 3.42. The van der Waals surface area contributed by atoms with Gasteiger partial charge in [-0.1, -0.05) is 24.8 Å². The van der Waals surface area contributed by atoms with Gasteiger partial charge >= 0.3 is 0 Å². The van der Waals surface area contributed by atoms with Gasteiger partial charge in [0.15, 0.2) is 0 Å². The normalized spacial score (nSPS) is 11.6. The second kappa shape index (κ2) is 16.3. The molecule has 0 unspecified atom stereocenters. The van der Waals surface area contributed by atoms with E-state index in [0.29, 0.717) is 59.5 Å². The maximum atomic E-state index is 5.62. The van der Waals surface area contributed by atoms with Gasteiger partial charge in [0.1, 0.15) is 6.61 Å². The van der Waals surface area contributed by atoms with Gasteiger partial charge in [-0.25, -0.2) is 0 Å². The highest BCUT2D eigenvalue weighted by molar-refractivity contribution is 5.70. The molecule has 158 valence electrons. The van der Waals surface area contributed by atoms with E-state index in [1.807, 2.05) is 25.1 Å². The summed E-state index contributed by atoms with van der Waals surface area (Å²) in [6.07, 6.45) is 1.76. The monoisotopic (exact) mass is 394 g/mol. The average molecular weight is 395 g/mol. The number of rotatable bonds is 17. The zero-order chi connectivity index (χ0) is 20.5. The number of ether oxygens (including phenoxy) is 6. The summed E-state index contributed by atoms with van der Waals surface area (Å²) in [6, 6.07) is 8.17. The van der Waals surface area contributed by atoms with Crippen LogP contribution >= 0.6 is 0 Å². The molecule has 0 aromatic heterocycles. The van der Waals surface area contributed by atoms with Crippen LogP contribution in [0.25, 0.3) is 11.1 Å². The van der Waals surface area contributed by atoms with Crippen LogP contribution in [0, 0.1) is 0 Å². The maximum Gasteiger partial charge on any atom is 0.111 e. The molecular weight excluding hydrogens is 360 g/mol. The number of hydrogen-bond donors (Lipinski definition) is 0. The SMILES string of the molecule is C=C(COCCOCCOC)c1cccc(/C(C)=C\OCCOCCOC)c1. The minimum atomic E-state index is 0.467. The molecule has 0 aliphatic heterocycles. The average Bonchev–Trinajstić information content (AvgIpc) is 2.72. The van der Waals surface area contributed by atoms with E-state index >= 15 is 0 Å². The van der Waals surface area contributed by atoms with E-state index in [1.165, 1.54) is 0 Å². The molecule has 28 heavy (non-hydrogen) atoms. The van der Waals surface area contributed by atoms with Gasteiger partial charge in [-0.2, -0.15) is 0 Å². The van der Waals surface area contributed by atoms with Gasteiger partial charge in [-0.3, -0.25) is 0 Å². The second-order valence-corrected chi connectivity index (χ2v) is 6.12. The van der Waals surface area contributed by atoms with Gasteiger partial charge in [0.2, 0.25) is 0 Å². The van der Waals surface area contributed by atoms with Gasteiger partial charge < -0.3 is 28.4 Å². The molecule has 0 N–H and O–H groups in total. The van der Waals surface area contributed by atoms with Crippen molar-refractivity contribution in [2.75, 3.05) is 73.7 Å². The summed E-state index contributed by atoms with van der Waals surface area (Å²) >= 11 is 0. The van der Waals surface area contributed by atoms with Crippen molar-refractivity contribution in [2.24, 2.45) is 0 Å². The van der Waals surface area contributed by atoms with Crippen molar-refractivity contribution in [2.45, 2.75) is 6.92 Å². The Hall–Kier alpha value is -1.70. The van der Waals surface area contributed by atoms with E-state index in [-0.39, 0.29) is 0 Å². The van der Waals surface area contributed by atoms with Gasteiger partial charge in [-0.15, -0.1) is 0 Å². The van der Waals surface area contributed by atoms with Crippen LogP contribution in [-0.2, 0) is 28.4 Å². The third-order valence-electron chi connectivity index (χ3n) is 3.84. The summed E-state index contributed by atoms with van der Waals surface area (Å²) in [5.41, 5.74) is 4.10. The van der Waals surface area contributed by atoms with Crippen LogP contribution in [0.5, 0.6) is 0 Å². The van der Waals surface area contributed by atoms with Crippen LogP contribution in [0.1, 0.15) is 18.1 Å². The van der Waals surface area contributed by atoms with Gasteiger partial charge in [0, 0.05) is 14.2 Å². The minimum absolute atomic E-state index is 0.467. The third kappa shape index (κ3) is 11.2. The van der Waals surface area contributed by atoms with Crippen LogP contribution in [0.15, 0.2) is 37.1 Å². The highest BCUT2D eigenvalue weighted by Crippen LogP contribution is 2.20. The topological polar surface area (TPSA) is 55.4 Å². The summed E-state index contributed by atoms with van der Waals surface area (Å²) in [5, 5.41) is 0. The molecule has 0 atom stereocenters. The highest BCUT2D eigenvalue weighted by Gasteiger charge is 2.03. The first-order valence-corrected chi connectivity index (χ1v) is 9.47. The maximum absolute atomic E-state index is 5.62. The molecule has 1 aromatic rings. The summed E-state index contributed by atoms with van der Waals surface area (Å²) in [6.45, 7) is 11.1. The van der Waals surface area contributed by atoms with E-state index in [4.69, 9.17) is 28.4 Å². The van der Waals surface area contributed by atoms with Crippen molar-refractivity contribution in [3.63, 3.8) is 0 Å². The lowest BCUT2D eigenvalue weighted by Crippen LogP contribution is -2.09. The van der Waals surface area contributed by atoms with Crippen molar-refractivity contribution < 1.29 is 28.4 Å². The molecule has 0 aliphatic rings. The van der Waals surface area contributed by atoms with Crippen LogP contribution in [0.4, 0.5) is 0 Å². The Morgan fingerprint density at radius 3 is 2.07 bits per heavy atom. The molecular formula is C22H34O6. The lowest BCUT2D eigenvalue weighted by atomic mass is 10.0. The van der Waals surface area contributed by atoms with Gasteiger partial charge in [0.25, 0.3) is 0 Å². The van der Waals surface area contributed by atoms with E-state index in [2.05, 4.69) is 12.6 Å². The number of methoxy groups -OCH3 is 2. The lowest BCUT2D eigenvalue weighted by Gasteiger charge is -2.10. The molecule has 0 aliphatic carbocycles. The molecule has 0 spiro atoms. The van der Waals surface area contributed by atoms with Crippen LogP contribution in [0.2, 0.25) is 0 Å². The standard InChI is InChI=1S/C22H34O6/c1-19(17-27-14-12-25-10-8-23-3)21-6-5-7-22(16-21)20(2)18-28-15-13-26-11-9-24-4/h5-7,16,18H,1,8-15,17H2,2-4H3/b20-18-. The molecule has 1 rings (SSSR count). The molecule has 0 fully saturated rings. The molecule has 0 heterocycles. The quantitative estimate of drug-likeness (QED) is 0.298. The first-order valence-electron chi connectivity index (χ1n) is 9.47.